The van der Waals surface area contributed by atoms with Crippen LogP contribution in [0.1, 0.15) is 47.0 Å². The van der Waals surface area contributed by atoms with E-state index in [0.717, 1.165) is 23.4 Å². The maximum Gasteiger partial charge on any atom is 0.410 e. The molecule has 2 aliphatic heterocycles. The number of benzene rings is 1. The van der Waals surface area contributed by atoms with Crippen LogP contribution >= 0.6 is 0 Å². The molecule has 3 heterocycles. The molecular weight excluding hydrogens is 380 g/mol. The first-order chi connectivity index (χ1) is 14.6. The Morgan fingerprint density at radius 3 is 2.97 bits per heavy atom. The summed E-state index contributed by atoms with van der Waals surface area (Å²) in [6, 6.07) is 11.2. The highest BCUT2D eigenvalue weighted by molar-refractivity contribution is 5.95. The summed E-state index contributed by atoms with van der Waals surface area (Å²) in [5, 5.41) is 6.44. The van der Waals surface area contributed by atoms with Crippen molar-refractivity contribution in [3.05, 3.63) is 72.1 Å². The van der Waals surface area contributed by atoms with Gasteiger partial charge in [0.2, 0.25) is 0 Å². The number of rotatable bonds is 5. The molecule has 30 heavy (non-hydrogen) atoms. The first-order valence-corrected chi connectivity index (χ1v) is 10.3. The number of hydrogen-bond acceptors (Lipinski definition) is 5. The molecule has 0 bridgehead atoms. The van der Waals surface area contributed by atoms with Gasteiger partial charge < -0.3 is 20.3 Å². The maximum atomic E-state index is 12.8. The molecule has 1 fully saturated rings. The molecule has 7 heteroatoms. The van der Waals surface area contributed by atoms with Gasteiger partial charge in [-0.25, -0.2) is 4.79 Å². The van der Waals surface area contributed by atoms with Crippen molar-refractivity contribution in [1.82, 2.24) is 15.2 Å². The van der Waals surface area contributed by atoms with E-state index in [1.807, 2.05) is 43.3 Å². The molecule has 156 valence electrons. The highest BCUT2D eigenvalue weighted by Crippen LogP contribution is 2.51. The van der Waals surface area contributed by atoms with E-state index >= 15 is 0 Å². The summed E-state index contributed by atoms with van der Waals surface area (Å²) in [5.41, 5.74) is 3.36. The number of aromatic nitrogens is 1. The summed E-state index contributed by atoms with van der Waals surface area (Å²) in [7, 11) is 0. The minimum absolute atomic E-state index is 0.0313. The highest BCUT2D eigenvalue weighted by Gasteiger charge is 2.47. The summed E-state index contributed by atoms with van der Waals surface area (Å²) in [6.45, 7) is 6.82. The SMILES string of the molecule is C=CCOC(=O)N1CCC2C(c3ccccn3)Nc3ccc(C(=O)NCC)cc3[C@H]21. The first kappa shape index (κ1) is 19.9. The van der Waals surface area contributed by atoms with E-state index < -0.39 is 0 Å². The maximum absolute atomic E-state index is 12.8. The lowest BCUT2D eigenvalue weighted by atomic mass is 9.81. The van der Waals surface area contributed by atoms with E-state index in [1.54, 1.807) is 17.2 Å². The van der Waals surface area contributed by atoms with Gasteiger partial charge in [0, 0.05) is 36.5 Å². The number of nitrogens with one attached hydrogen (secondary N) is 2. The number of likely N-dealkylation sites (tertiary alicyclic amines) is 1. The van der Waals surface area contributed by atoms with E-state index in [4.69, 9.17) is 4.74 Å². The zero-order valence-electron chi connectivity index (χ0n) is 17.0. The predicted molar refractivity (Wildman–Crippen MR) is 114 cm³/mol. The van der Waals surface area contributed by atoms with Gasteiger partial charge in [-0.1, -0.05) is 18.7 Å². The van der Waals surface area contributed by atoms with Crippen LogP contribution in [0.2, 0.25) is 0 Å². The quantitative estimate of drug-likeness (QED) is 0.740. The second-order valence-corrected chi connectivity index (χ2v) is 7.49. The second kappa shape index (κ2) is 8.57. The van der Waals surface area contributed by atoms with Crippen LogP contribution in [0.15, 0.2) is 55.3 Å². The third-order valence-corrected chi connectivity index (χ3v) is 5.72. The molecule has 3 atom stereocenters. The van der Waals surface area contributed by atoms with Crippen LogP contribution in [0.3, 0.4) is 0 Å². The molecule has 4 rings (SSSR count). The third kappa shape index (κ3) is 3.63. The van der Waals surface area contributed by atoms with Gasteiger partial charge in [0.15, 0.2) is 0 Å². The third-order valence-electron chi connectivity index (χ3n) is 5.72. The van der Waals surface area contributed by atoms with Crippen LogP contribution in [0, 0.1) is 5.92 Å². The predicted octanol–water partition coefficient (Wildman–Crippen LogP) is 3.68. The fourth-order valence-corrected chi connectivity index (χ4v) is 4.45. The smallest absolute Gasteiger partial charge is 0.410 e. The number of carbonyl (C=O) groups excluding carboxylic acids is 2. The molecule has 2 aliphatic rings. The fraction of sp³-hybridized carbons (Fsp3) is 0.348. The Labute approximate surface area is 176 Å². The van der Waals surface area contributed by atoms with Gasteiger partial charge >= 0.3 is 6.09 Å². The molecule has 1 aromatic carbocycles. The van der Waals surface area contributed by atoms with Gasteiger partial charge in [-0.15, -0.1) is 0 Å². The molecule has 2 N–H and O–H groups in total. The molecule has 1 saturated heterocycles. The van der Waals surface area contributed by atoms with Crippen LogP contribution in [0.25, 0.3) is 0 Å². The van der Waals surface area contributed by atoms with Gasteiger partial charge in [-0.3, -0.25) is 9.78 Å². The Bertz CT molecular complexity index is 947. The van der Waals surface area contributed by atoms with Gasteiger partial charge in [0.25, 0.3) is 5.91 Å². The number of amides is 2. The Morgan fingerprint density at radius 2 is 2.23 bits per heavy atom. The standard InChI is InChI=1S/C23H26N4O3/c1-3-13-30-23(29)27-12-10-16-20(19-7-5-6-11-25-19)26-18-9-8-15(22(28)24-4-2)14-17(18)21(16)27/h3,5-9,11,14,16,20-21,26H,1,4,10,12-13H2,2H3,(H,24,28)/t16?,20?,21-/m0/s1. The van der Waals surface area contributed by atoms with Crippen molar-refractivity contribution >= 4 is 17.7 Å². The van der Waals surface area contributed by atoms with Crippen molar-refractivity contribution in [3.8, 4) is 0 Å². The van der Waals surface area contributed by atoms with Crippen LogP contribution in [-0.2, 0) is 4.74 Å². The van der Waals surface area contributed by atoms with E-state index in [-0.39, 0.29) is 36.6 Å². The zero-order chi connectivity index (χ0) is 21.1. The average Bonchev–Trinajstić information content (AvgIpc) is 3.23. The lowest BCUT2D eigenvalue weighted by Crippen LogP contribution is -2.38. The minimum atomic E-state index is -0.363. The summed E-state index contributed by atoms with van der Waals surface area (Å²) < 4.78 is 5.35. The molecule has 2 unspecified atom stereocenters. The fourth-order valence-electron chi connectivity index (χ4n) is 4.45. The first-order valence-electron chi connectivity index (χ1n) is 10.3. The van der Waals surface area contributed by atoms with Crippen LogP contribution in [0.4, 0.5) is 10.5 Å². The number of ether oxygens (including phenoxy) is 1. The highest BCUT2D eigenvalue weighted by atomic mass is 16.6. The largest absolute Gasteiger partial charge is 0.445 e. The Morgan fingerprint density at radius 1 is 1.37 bits per heavy atom. The normalized spacial score (nSPS) is 21.8. The number of anilines is 1. The summed E-state index contributed by atoms with van der Waals surface area (Å²) in [6.07, 6.45) is 3.79. The van der Waals surface area contributed by atoms with E-state index in [9.17, 15) is 9.59 Å². The molecule has 2 amide bonds. The van der Waals surface area contributed by atoms with Gasteiger partial charge in [0.1, 0.15) is 6.61 Å². The van der Waals surface area contributed by atoms with E-state index in [0.29, 0.717) is 18.7 Å². The molecule has 0 spiro atoms. The number of pyridine rings is 1. The number of hydrogen-bond donors (Lipinski definition) is 2. The van der Waals surface area contributed by atoms with Crippen LogP contribution in [-0.4, -0.2) is 41.6 Å². The molecule has 2 aromatic rings. The summed E-state index contributed by atoms with van der Waals surface area (Å²) in [5.74, 6) is -0.00403. The minimum Gasteiger partial charge on any atom is -0.445 e. The zero-order valence-corrected chi connectivity index (χ0v) is 17.0. The van der Waals surface area contributed by atoms with Gasteiger partial charge in [-0.05, 0) is 49.2 Å². The second-order valence-electron chi connectivity index (χ2n) is 7.49. The van der Waals surface area contributed by atoms with E-state index in [2.05, 4.69) is 22.2 Å². The summed E-state index contributed by atoms with van der Waals surface area (Å²) >= 11 is 0. The molecule has 0 radical (unpaired) electrons. The monoisotopic (exact) mass is 406 g/mol. The lowest BCUT2D eigenvalue weighted by molar-refractivity contribution is 0.0955. The van der Waals surface area contributed by atoms with E-state index in [1.165, 1.54) is 0 Å². The van der Waals surface area contributed by atoms with Crippen molar-refractivity contribution in [2.45, 2.75) is 25.4 Å². The summed E-state index contributed by atoms with van der Waals surface area (Å²) in [4.78, 5) is 31.5. The lowest BCUT2D eigenvalue weighted by Gasteiger charge is -2.39. The van der Waals surface area contributed by atoms with Crippen molar-refractivity contribution < 1.29 is 14.3 Å². The van der Waals surface area contributed by atoms with Crippen molar-refractivity contribution in [1.29, 1.82) is 0 Å². The number of nitrogens with zero attached hydrogens (tertiary/aromatic N) is 2. The Balaban J connectivity index is 1.75. The molecule has 0 saturated carbocycles. The van der Waals surface area contributed by atoms with Gasteiger partial charge in [-0.2, -0.15) is 0 Å². The average molecular weight is 406 g/mol. The molecular formula is C23H26N4O3. The van der Waals surface area contributed by atoms with Gasteiger partial charge in [0.05, 0.1) is 17.8 Å². The Kier molecular flexibility index (Phi) is 5.70. The topological polar surface area (TPSA) is 83.6 Å². The molecule has 0 aliphatic carbocycles. The van der Waals surface area contributed by atoms with Crippen molar-refractivity contribution in [3.63, 3.8) is 0 Å². The van der Waals surface area contributed by atoms with Crippen LogP contribution in [0.5, 0.6) is 0 Å². The van der Waals surface area contributed by atoms with Crippen molar-refractivity contribution in [2.75, 3.05) is 25.0 Å². The van der Waals surface area contributed by atoms with Crippen molar-refractivity contribution in [2.24, 2.45) is 5.92 Å². The Hall–Kier alpha value is -3.35. The number of carbonyl (C=O) groups is 2. The van der Waals surface area contributed by atoms with Crippen LogP contribution < -0.4 is 10.6 Å². The molecule has 7 nitrogen and oxygen atoms in total. The number of fused-ring (bicyclic) bond motifs is 3. The molecule has 1 aromatic heterocycles.